The summed E-state index contributed by atoms with van der Waals surface area (Å²) in [5.41, 5.74) is 3.00. The van der Waals surface area contributed by atoms with Gasteiger partial charge in [0.2, 0.25) is 0 Å². The first-order valence-electron chi connectivity index (χ1n) is 9.27. The molecule has 0 amide bonds. The molecule has 0 unspecified atom stereocenters. The minimum absolute atomic E-state index is 0.236. The maximum atomic E-state index is 12.5. The zero-order valence-corrected chi connectivity index (χ0v) is 17.3. The van der Waals surface area contributed by atoms with E-state index >= 15 is 0 Å². The van der Waals surface area contributed by atoms with Crippen LogP contribution in [0.5, 0.6) is 11.5 Å². The molecule has 0 aromatic heterocycles. The molecule has 0 radical (unpaired) electrons. The number of likely N-dealkylation sites (N-methyl/N-ethyl adjacent to an activating group) is 1. The monoisotopic (exact) mass is 395 g/mol. The van der Waals surface area contributed by atoms with Crippen molar-refractivity contribution >= 4 is 17.4 Å². The summed E-state index contributed by atoms with van der Waals surface area (Å²) in [6.45, 7) is 3.79. The molecule has 0 atom stereocenters. The van der Waals surface area contributed by atoms with Crippen LogP contribution in [0.25, 0.3) is 0 Å². The highest BCUT2D eigenvalue weighted by Gasteiger charge is 2.38. The van der Waals surface area contributed by atoms with Gasteiger partial charge in [-0.3, -0.25) is 4.79 Å². The molecule has 0 fully saturated rings. The fourth-order valence-corrected chi connectivity index (χ4v) is 3.63. The Kier molecular flexibility index (Phi) is 5.64. The smallest absolute Gasteiger partial charge is 0.342 e. The van der Waals surface area contributed by atoms with Crippen LogP contribution in [0.2, 0.25) is 0 Å². The van der Waals surface area contributed by atoms with Gasteiger partial charge in [-0.1, -0.05) is 32.0 Å². The summed E-state index contributed by atoms with van der Waals surface area (Å²) in [7, 11) is 4.91. The van der Waals surface area contributed by atoms with Gasteiger partial charge in [-0.25, -0.2) is 4.79 Å². The molecule has 2 aromatic rings. The van der Waals surface area contributed by atoms with Crippen LogP contribution < -0.4 is 14.4 Å². The van der Waals surface area contributed by atoms with Crippen LogP contribution in [-0.2, 0) is 14.9 Å². The Morgan fingerprint density at radius 1 is 1.07 bits per heavy atom. The van der Waals surface area contributed by atoms with Gasteiger partial charge in [-0.2, -0.15) is 0 Å². The Labute approximate surface area is 170 Å². The van der Waals surface area contributed by atoms with E-state index in [1.54, 1.807) is 24.3 Å². The predicted octanol–water partition coefficient (Wildman–Crippen LogP) is 3.74. The SMILES string of the molecule is COc1ccc(C(=O)OCC(=O)/C=C2\N(C)c3ccccc3C2(C)C)c(OC)c1. The third kappa shape index (κ3) is 3.83. The van der Waals surface area contributed by atoms with Gasteiger partial charge in [0.15, 0.2) is 12.4 Å². The Morgan fingerprint density at radius 3 is 2.45 bits per heavy atom. The number of benzene rings is 2. The lowest BCUT2D eigenvalue weighted by Crippen LogP contribution is -2.25. The summed E-state index contributed by atoms with van der Waals surface area (Å²) >= 11 is 0. The first kappa shape index (κ1) is 20.5. The summed E-state index contributed by atoms with van der Waals surface area (Å²) < 4.78 is 15.6. The quantitative estimate of drug-likeness (QED) is 0.548. The standard InChI is InChI=1S/C23H25NO5/c1-23(2)18-8-6-7-9-19(18)24(3)21(23)12-15(25)14-29-22(26)17-11-10-16(27-4)13-20(17)28-5/h6-13H,14H2,1-5H3/b21-12-. The van der Waals surface area contributed by atoms with E-state index in [4.69, 9.17) is 14.2 Å². The molecule has 0 bridgehead atoms. The van der Waals surface area contributed by atoms with Gasteiger partial charge in [0, 0.05) is 36.0 Å². The van der Waals surface area contributed by atoms with E-state index in [1.807, 2.05) is 30.1 Å². The molecular weight excluding hydrogens is 370 g/mol. The first-order valence-corrected chi connectivity index (χ1v) is 9.27. The lowest BCUT2D eigenvalue weighted by Gasteiger charge is -2.23. The van der Waals surface area contributed by atoms with Crippen molar-refractivity contribution in [3.63, 3.8) is 0 Å². The summed E-state index contributed by atoms with van der Waals surface area (Å²) in [5, 5.41) is 0. The number of methoxy groups -OCH3 is 2. The zero-order valence-electron chi connectivity index (χ0n) is 17.3. The molecule has 29 heavy (non-hydrogen) atoms. The van der Waals surface area contributed by atoms with Gasteiger partial charge in [0.25, 0.3) is 0 Å². The van der Waals surface area contributed by atoms with E-state index in [1.165, 1.54) is 14.2 Å². The zero-order chi connectivity index (χ0) is 21.2. The van der Waals surface area contributed by atoms with Gasteiger partial charge in [0.1, 0.15) is 17.1 Å². The second kappa shape index (κ2) is 7.99. The minimum Gasteiger partial charge on any atom is -0.497 e. The molecule has 6 nitrogen and oxygen atoms in total. The number of carbonyl (C=O) groups is 2. The topological polar surface area (TPSA) is 65.1 Å². The van der Waals surface area contributed by atoms with Crippen LogP contribution >= 0.6 is 0 Å². The molecule has 1 aliphatic rings. The Balaban J connectivity index is 1.73. The van der Waals surface area contributed by atoms with Gasteiger partial charge >= 0.3 is 5.97 Å². The minimum atomic E-state index is -0.626. The number of para-hydroxylation sites is 1. The van der Waals surface area contributed by atoms with Crippen LogP contribution in [0.4, 0.5) is 5.69 Å². The highest BCUT2D eigenvalue weighted by Crippen LogP contribution is 2.46. The number of hydrogen-bond acceptors (Lipinski definition) is 6. The number of carbonyl (C=O) groups excluding carboxylic acids is 2. The third-order valence-electron chi connectivity index (χ3n) is 5.21. The van der Waals surface area contributed by atoms with E-state index < -0.39 is 5.97 Å². The third-order valence-corrected chi connectivity index (χ3v) is 5.21. The molecule has 0 aliphatic carbocycles. The average molecular weight is 395 g/mol. The van der Waals surface area contributed by atoms with Gasteiger partial charge in [-0.05, 0) is 23.8 Å². The van der Waals surface area contributed by atoms with Crippen LogP contribution in [0.1, 0.15) is 29.8 Å². The fraction of sp³-hybridized carbons (Fsp3) is 0.304. The molecule has 2 aromatic carbocycles. The number of fused-ring (bicyclic) bond motifs is 1. The number of allylic oxidation sites excluding steroid dienone is 1. The lowest BCUT2D eigenvalue weighted by atomic mass is 9.83. The summed E-state index contributed by atoms with van der Waals surface area (Å²) in [6, 6.07) is 12.8. The summed E-state index contributed by atoms with van der Waals surface area (Å²) in [5.74, 6) is -0.0234. The highest BCUT2D eigenvalue weighted by molar-refractivity contribution is 5.97. The van der Waals surface area contributed by atoms with Crippen molar-refractivity contribution in [2.24, 2.45) is 0 Å². The van der Waals surface area contributed by atoms with Crippen LogP contribution in [0.15, 0.2) is 54.2 Å². The molecular formula is C23H25NO5. The summed E-state index contributed by atoms with van der Waals surface area (Å²) in [6.07, 6.45) is 1.55. The van der Waals surface area contributed by atoms with Gasteiger partial charge < -0.3 is 19.1 Å². The van der Waals surface area contributed by atoms with Crippen molar-refractivity contribution in [3.8, 4) is 11.5 Å². The van der Waals surface area contributed by atoms with Crippen molar-refractivity contribution in [3.05, 3.63) is 65.4 Å². The maximum absolute atomic E-state index is 12.5. The van der Waals surface area contributed by atoms with Crippen molar-refractivity contribution < 1.29 is 23.8 Å². The maximum Gasteiger partial charge on any atom is 0.342 e. The molecule has 1 heterocycles. The summed E-state index contributed by atoms with van der Waals surface area (Å²) in [4.78, 5) is 27.0. The van der Waals surface area contributed by atoms with E-state index in [0.717, 1.165) is 16.9 Å². The van der Waals surface area contributed by atoms with Crippen LogP contribution in [0.3, 0.4) is 0 Å². The van der Waals surface area contributed by atoms with Gasteiger partial charge in [0.05, 0.1) is 14.2 Å². The van der Waals surface area contributed by atoms with Gasteiger partial charge in [-0.15, -0.1) is 0 Å². The molecule has 6 heteroatoms. The van der Waals surface area contributed by atoms with Crippen molar-refractivity contribution in [2.45, 2.75) is 19.3 Å². The number of ketones is 1. The van der Waals surface area contributed by atoms with Crippen LogP contribution in [-0.4, -0.2) is 39.6 Å². The van der Waals surface area contributed by atoms with E-state index in [-0.39, 0.29) is 23.4 Å². The van der Waals surface area contributed by atoms with Crippen molar-refractivity contribution in [1.29, 1.82) is 0 Å². The number of nitrogens with zero attached hydrogens (tertiary/aromatic N) is 1. The van der Waals surface area contributed by atoms with Crippen molar-refractivity contribution in [2.75, 3.05) is 32.8 Å². The van der Waals surface area contributed by atoms with E-state index in [9.17, 15) is 9.59 Å². The highest BCUT2D eigenvalue weighted by atomic mass is 16.5. The van der Waals surface area contributed by atoms with E-state index in [0.29, 0.717) is 11.5 Å². The average Bonchev–Trinajstić information content (AvgIpc) is 2.92. The fourth-order valence-electron chi connectivity index (χ4n) is 3.63. The number of hydrogen-bond donors (Lipinski definition) is 0. The van der Waals surface area contributed by atoms with Crippen LogP contribution in [0, 0.1) is 0 Å². The Bertz CT molecular complexity index is 977. The first-order chi connectivity index (χ1) is 13.8. The number of anilines is 1. The largest absolute Gasteiger partial charge is 0.497 e. The molecule has 0 saturated heterocycles. The Morgan fingerprint density at radius 2 is 1.79 bits per heavy atom. The van der Waals surface area contributed by atoms with E-state index in [2.05, 4.69) is 19.9 Å². The molecule has 0 saturated carbocycles. The number of esters is 1. The van der Waals surface area contributed by atoms with Crippen molar-refractivity contribution in [1.82, 2.24) is 0 Å². The second-order valence-corrected chi connectivity index (χ2v) is 7.34. The molecule has 0 spiro atoms. The number of rotatable bonds is 6. The lowest BCUT2D eigenvalue weighted by molar-refractivity contribution is -0.117. The Hall–Kier alpha value is -3.28. The number of ether oxygens (including phenoxy) is 3. The molecule has 0 N–H and O–H groups in total. The molecule has 152 valence electrons. The second-order valence-electron chi connectivity index (χ2n) is 7.34. The normalized spacial score (nSPS) is 15.8. The molecule has 1 aliphatic heterocycles. The molecule has 3 rings (SSSR count). The predicted molar refractivity (Wildman–Crippen MR) is 111 cm³/mol.